The molecule has 0 spiro atoms. The van der Waals surface area contributed by atoms with Crippen LogP contribution in [0.15, 0.2) is 103 Å². The van der Waals surface area contributed by atoms with E-state index in [1.165, 1.54) is 38.9 Å². The van der Waals surface area contributed by atoms with E-state index in [0.29, 0.717) is 5.92 Å². The van der Waals surface area contributed by atoms with E-state index < -0.39 is 0 Å². The first kappa shape index (κ1) is 24.2. The van der Waals surface area contributed by atoms with Crippen LogP contribution in [-0.4, -0.2) is 0 Å². The molecule has 1 aliphatic rings. The lowest BCUT2D eigenvalue weighted by atomic mass is 9.95. The number of hydrogen-bond acceptors (Lipinski definition) is 0. The summed E-state index contributed by atoms with van der Waals surface area (Å²) < 4.78 is 0. The molecule has 31 heavy (non-hydrogen) atoms. The highest BCUT2D eigenvalue weighted by atomic mass is 14.1. The van der Waals surface area contributed by atoms with Crippen molar-refractivity contribution in [3.63, 3.8) is 0 Å². The molecule has 0 saturated heterocycles. The monoisotopic (exact) mass is 408 g/mol. The molecule has 160 valence electrons. The van der Waals surface area contributed by atoms with Crippen molar-refractivity contribution in [3.05, 3.63) is 131 Å². The van der Waals surface area contributed by atoms with E-state index in [1.54, 1.807) is 0 Å². The van der Waals surface area contributed by atoms with Crippen molar-refractivity contribution in [1.29, 1.82) is 0 Å². The van der Waals surface area contributed by atoms with Crippen molar-refractivity contribution in [2.45, 2.75) is 47.5 Å². The zero-order valence-corrected chi connectivity index (χ0v) is 19.9. The molecule has 3 aromatic rings. The van der Waals surface area contributed by atoms with Crippen LogP contribution in [-0.2, 0) is 0 Å². The zero-order valence-electron chi connectivity index (χ0n) is 19.9. The maximum Gasteiger partial charge on any atom is 0.0205 e. The van der Waals surface area contributed by atoms with Gasteiger partial charge in [-0.3, -0.25) is 0 Å². The van der Waals surface area contributed by atoms with Crippen molar-refractivity contribution in [1.82, 2.24) is 0 Å². The van der Waals surface area contributed by atoms with Crippen LogP contribution in [0.5, 0.6) is 0 Å². The van der Waals surface area contributed by atoms with Gasteiger partial charge in [-0.05, 0) is 44.4 Å². The van der Waals surface area contributed by atoms with Crippen LogP contribution in [0, 0.1) is 27.7 Å². The van der Waals surface area contributed by atoms with Gasteiger partial charge in [0.25, 0.3) is 0 Å². The second-order valence-corrected chi connectivity index (χ2v) is 7.83. The lowest BCUT2D eigenvalue weighted by Gasteiger charge is -2.10. The molecule has 0 nitrogen and oxygen atoms in total. The fourth-order valence-electron chi connectivity index (χ4n) is 3.48. The largest absolute Gasteiger partial charge is 0.0732 e. The summed E-state index contributed by atoms with van der Waals surface area (Å²) in [4.78, 5) is 0. The summed E-state index contributed by atoms with van der Waals surface area (Å²) in [6.07, 6.45) is 12.8. The lowest BCUT2D eigenvalue weighted by Crippen LogP contribution is -1.92. The van der Waals surface area contributed by atoms with Crippen molar-refractivity contribution >= 4 is 0 Å². The van der Waals surface area contributed by atoms with E-state index in [1.807, 2.05) is 13.8 Å². The van der Waals surface area contributed by atoms with E-state index in [-0.39, 0.29) is 0 Å². The van der Waals surface area contributed by atoms with Gasteiger partial charge in [0.1, 0.15) is 0 Å². The highest BCUT2D eigenvalue weighted by Gasteiger charge is 2.05. The van der Waals surface area contributed by atoms with Gasteiger partial charge in [-0.1, -0.05) is 139 Å². The smallest absolute Gasteiger partial charge is 0.0205 e. The van der Waals surface area contributed by atoms with E-state index in [9.17, 15) is 0 Å². The second kappa shape index (κ2) is 12.5. The van der Waals surface area contributed by atoms with Crippen molar-refractivity contribution in [2.24, 2.45) is 0 Å². The predicted molar refractivity (Wildman–Crippen MR) is 139 cm³/mol. The molecule has 0 N–H and O–H groups in total. The minimum Gasteiger partial charge on any atom is -0.0732 e. The van der Waals surface area contributed by atoms with Gasteiger partial charge in [-0.25, -0.2) is 0 Å². The van der Waals surface area contributed by atoms with Crippen LogP contribution < -0.4 is 0 Å². The van der Waals surface area contributed by atoms with Crippen LogP contribution in [0.1, 0.15) is 47.6 Å². The summed E-state index contributed by atoms with van der Waals surface area (Å²) >= 11 is 0. The summed E-state index contributed by atoms with van der Waals surface area (Å²) in [5.74, 6) is 0.415. The molecular formula is C31H36. The molecule has 1 aliphatic carbocycles. The van der Waals surface area contributed by atoms with E-state index in [0.717, 1.165) is 0 Å². The molecule has 0 amide bonds. The first-order valence-corrected chi connectivity index (χ1v) is 11.2. The average molecular weight is 409 g/mol. The van der Waals surface area contributed by atoms with Gasteiger partial charge in [-0.15, -0.1) is 0 Å². The predicted octanol–water partition coefficient (Wildman–Crippen LogP) is 9.07. The average Bonchev–Trinajstić information content (AvgIpc) is 3.06. The van der Waals surface area contributed by atoms with Gasteiger partial charge in [-0.2, -0.15) is 0 Å². The Bertz CT molecular complexity index is 933. The van der Waals surface area contributed by atoms with E-state index in [4.69, 9.17) is 0 Å². The Hall–Kier alpha value is -3.12. The molecule has 0 unspecified atom stereocenters. The Morgan fingerprint density at radius 1 is 0.452 bits per heavy atom. The lowest BCUT2D eigenvalue weighted by molar-refractivity contribution is 1.07. The summed E-state index contributed by atoms with van der Waals surface area (Å²) in [7, 11) is 0. The van der Waals surface area contributed by atoms with Crippen molar-refractivity contribution in [3.8, 4) is 11.1 Å². The maximum atomic E-state index is 2.26. The van der Waals surface area contributed by atoms with Crippen LogP contribution in [0.25, 0.3) is 11.1 Å². The zero-order chi connectivity index (χ0) is 22.6. The quantitative estimate of drug-likeness (QED) is 0.396. The molecule has 0 fully saturated rings. The molecular weight excluding hydrogens is 372 g/mol. The van der Waals surface area contributed by atoms with E-state index in [2.05, 4.69) is 131 Å². The summed E-state index contributed by atoms with van der Waals surface area (Å²) in [6, 6.07) is 24.0. The Morgan fingerprint density at radius 2 is 0.839 bits per heavy atom. The Balaban J connectivity index is 0.000000204. The molecule has 0 heteroatoms. The molecule has 4 rings (SSSR count). The fourth-order valence-corrected chi connectivity index (χ4v) is 3.48. The fraction of sp³-hybridized carbons (Fsp3) is 0.226. The molecule has 0 saturated carbocycles. The summed E-state index contributed by atoms with van der Waals surface area (Å²) in [5.41, 5.74) is 9.24. The Morgan fingerprint density at radius 3 is 1.23 bits per heavy atom. The molecule has 0 heterocycles. The highest BCUT2D eigenvalue weighted by molar-refractivity contribution is 5.63. The molecule has 0 atom stereocenters. The normalized spacial score (nSPS) is 12.3. The standard InChI is InChI=1S/C15H16.C14H14.C2H6/c1-12-9-13(2)11-15(10-12)14-7-5-3-4-6-8-14;1-11-3-7-13(8-4-11)14-9-5-12(2)6-10-14;1-2/h3-11,14H,1-2H3;3-10H,1-2H3;1-2H3. The van der Waals surface area contributed by atoms with Crippen LogP contribution in [0.4, 0.5) is 0 Å². The molecule has 0 aromatic heterocycles. The number of benzene rings is 3. The van der Waals surface area contributed by atoms with Crippen molar-refractivity contribution in [2.75, 3.05) is 0 Å². The first-order chi connectivity index (χ1) is 15.0. The number of allylic oxidation sites excluding steroid dienone is 6. The third-order valence-corrected chi connectivity index (χ3v) is 5.04. The Labute approximate surface area is 189 Å². The molecule has 0 aliphatic heterocycles. The number of aryl methyl sites for hydroxylation is 4. The maximum absolute atomic E-state index is 2.26. The Kier molecular flexibility index (Phi) is 9.78. The number of rotatable bonds is 2. The minimum atomic E-state index is 0.415. The molecule has 0 bridgehead atoms. The number of hydrogen-bond donors (Lipinski definition) is 0. The van der Waals surface area contributed by atoms with Crippen LogP contribution in [0.3, 0.4) is 0 Å². The third-order valence-electron chi connectivity index (χ3n) is 5.04. The van der Waals surface area contributed by atoms with E-state index >= 15 is 0 Å². The first-order valence-electron chi connectivity index (χ1n) is 11.2. The highest BCUT2D eigenvalue weighted by Crippen LogP contribution is 2.23. The molecule has 0 radical (unpaired) electrons. The van der Waals surface area contributed by atoms with Gasteiger partial charge >= 0.3 is 0 Å². The van der Waals surface area contributed by atoms with Gasteiger partial charge in [0.05, 0.1) is 0 Å². The topological polar surface area (TPSA) is 0 Å². The van der Waals surface area contributed by atoms with Crippen LogP contribution >= 0.6 is 0 Å². The summed E-state index contributed by atoms with van der Waals surface area (Å²) in [5, 5.41) is 0. The summed E-state index contributed by atoms with van der Waals surface area (Å²) in [6.45, 7) is 12.5. The van der Waals surface area contributed by atoms with Gasteiger partial charge < -0.3 is 0 Å². The van der Waals surface area contributed by atoms with Gasteiger partial charge in [0.15, 0.2) is 0 Å². The SMILES string of the molecule is CC.Cc1cc(C)cc(C2C=CC=CC=C2)c1.Cc1ccc(-c2ccc(C)cc2)cc1. The van der Waals surface area contributed by atoms with Gasteiger partial charge in [0, 0.05) is 5.92 Å². The second-order valence-electron chi connectivity index (χ2n) is 7.83. The minimum absolute atomic E-state index is 0.415. The van der Waals surface area contributed by atoms with Gasteiger partial charge in [0.2, 0.25) is 0 Å². The third kappa shape index (κ3) is 7.90. The van der Waals surface area contributed by atoms with Crippen LogP contribution in [0.2, 0.25) is 0 Å². The van der Waals surface area contributed by atoms with Crippen molar-refractivity contribution < 1.29 is 0 Å². The molecule has 3 aromatic carbocycles.